The van der Waals surface area contributed by atoms with Crippen LogP contribution in [0.25, 0.3) is 0 Å². The molecule has 10 heavy (non-hydrogen) atoms. The van der Waals surface area contributed by atoms with Crippen molar-refractivity contribution in [1.82, 2.24) is 0 Å². The number of aliphatic imine (C=N–C) groups is 1. The van der Waals surface area contributed by atoms with Crippen LogP contribution in [-0.2, 0) is 4.79 Å². The summed E-state index contributed by atoms with van der Waals surface area (Å²) in [4.78, 5) is 14.4. The Balaban J connectivity index is 3.05. The average Bonchev–Trinajstić information content (AvgIpc) is 1.82. The number of hydrogen-bond donors (Lipinski definition) is 0. The van der Waals surface area contributed by atoms with Gasteiger partial charge in [-0.2, -0.15) is 0 Å². The lowest BCUT2D eigenvalue weighted by molar-refractivity contribution is -0.113. The molecular weight excluding hydrogens is 194 g/mol. The average molecular weight is 200 g/mol. The zero-order valence-corrected chi connectivity index (χ0v) is 7.10. The molecule has 1 aliphatic rings. The predicted molar refractivity (Wildman–Crippen MR) is 44.3 cm³/mol. The maximum Gasteiger partial charge on any atom is 0.271 e. The highest BCUT2D eigenvalue weighted by molar-refractivity contribution is 9.12. The van der Waals surface area contributed by atoms with Gasteiger partial charge in [0, 0.05) is 21.8 Å². The van der Waals surface area contributed by atoms with Gasteiger partial charge in [0.1, 0.15) is 0 Å². The lowest BCUT2D eigenvalue weighted by Gasteiger charge is -2.06. The zero-order valence-electron chi connectivity index (χ0n) is 5.52. The zero-order chi connectivity index (χ0) is 7.72. The van der Waals surface area contributed by atoms with E-state index >= 15 is 0 Å². The minimum Gasteiger partial charge on any atom is -0.267 e. The van der Waals surface area contributed by atoms with Gasteiger partial charge in [-0.25, -0.2) is 4.99 Å². The molecule has 0 aromatic rings. The first-order valence-corrected chi connectivity index (χ1v) is 3.56. The van der Waals surface area contributed by atoms with Crippen molar-refractivity contribution < 1.29 is 4.79 Å². The standard InChI is InChI=1S/C7H6BrNO/c1-4-5(2)9-7(10)3-6(4)8/h3H,1H2,2H3. The van der Waals surface area contributed by atoms with Crippen molar-refractivity contribution in [2.24, 2.45) is 4.99 Å². The highest BCUT2D eigenvalue weighted by Gasteiger charge is 2.11. The molecule has 0 N–H and O–H groups in total. The molecule has 52 valence electrons. The van der Waals surface area contributed by atoms with E-state index in [-0.39, 0.29) is 5.91 Å². The van der Waals surface area contributed by atoms with E-state index in [1.165, 1.54) is 6.08 Å². The first-order valence-electron chi connectivity index (χ1n) is 2.77. The van der Waals surface area contributed by atoms with E-state index in [2.05, 4.69) is 27.5 Å². The Morgan fingerprint density at radius 2 is 2.30 bits per heavy atom. The van der Waals surface area contributed by atoms with E-state index < -0.39 is 0 Å². The molecule has 2 nitrogen and oxygen atoms in total. The quantitative estimate of drug-likeness (QED) is 0.586. The van der Waals surface area contributed by atoms with Crippen molar-refractivity contribution in [3.63, 3.8) is 0 Å². The van der Waals surface area contributed by atoms with E-state index in [0.717, 1.165) is 10.1 Å². The maximum absolute atomic E-state index is 10.7. The highest BCUT2D eigenvalue weighted by atomic mass is 79.9. The first kappa shape index (κ1) is 7.41. The van der Waals surface area contributed by atoms with Crippen LogP contribution in [0, 0.1) is 0 Å². The van der Waals surface area contributed by atoms with Gasteiger partial charge in [-0.05, 0) is 22.9 Å². The van der Waals surface area contributed by atoms with Gasteiger partial charge < -0.3 is 0 Å². The summed E-state index contributed by atoms with van der Waals surface area (Å²) < 4.78 is 0.727. The number of amides is 1. The van der Waals surface area contributed by atoms with Gasteiger partial charge in [0.05, 0.1) is 0 Å². The monoisotopic (exact) mass is 199 g/mol. The Morgan fingerprint density at radius 1 is 1.70 bits per heavy atom. The third kappa shape index (κ3) is 1.24. The summed E-state index contributed by atoms with van der Waals surface area (Å²) in [6, 6.07) is 0. The van der Waals surface area contributed by atoms with Crippen LogP contribution in [0.5, 0.6) is 0 Å². The van der Waals surface area contributed by atoms with E-state index in [1.807, 2.05) is 0 Å². The molecule has 0 radical (unpaired) electrons. The second-order valence-corrected chi connectivity index (χ2v) is 2.86. The fraction of sp³-hybridized carbons (Fsp3) is 0.143. The molecule has 0 saturated carbocycles. The molecular formula is C7H6BrNO. The summed E-state index contributed by atoms with van der Waals surface area (Å²) in [6.07, 6.45) is 1.41. The molecule has 1 aliphatic heterocycles. The van der Waals surface area contributed by atoms with Crippen molar-refractivity contribution in [3.05, 3.63) is 22.7 Å². The summed E-state index contributed by atoms with van der Waals surface area (Å²) >= 11 is 3.19. The van der Waals surface area contributed by atoms with Crippen LogP contribution in [0.15, 0.2) is 27.7 Å². The molecule has 0 aromatic heterocycles. The van der Waals surface area contributed by atoms with Gasteiger partial charge in [-0.3, -0.25) is 4.79 Å². The molecule has 0 aliphatic carbocycles. The number of carbonyl (C=O) groups excluding carboxylic acids is 1. The fourth-order valence-corrected chi connectivity index (χ4v) is 1.12. The van der Waals surface area contributed by atoms with E-state index in [1.54, 1.807) is 6.92 Å². The van der Waals surface area contributed by atoms with Crippen LogP contribution in [0.1, 0.15) is 6.92 Å². The van der Waals surface area contributed by atoms with E-state index in [9.17, 15) is 4.79 Å². The smallest absolute Gasteiger partial charge is 0.267 e. The molecule has 3 heteroatoms. The highest BCUT2D eigenvalue weighted by Crippen LogP contribution is 2.20. The lowest BCUT2D eigenvalue weighted by atomic mass is 10.1. The van der Waals surface area contributed by atoms with Crippen molar-refractivity contribution in [2.45, 2.75) is 6.92 Å². The molecule has 0 aromatic carbocycles. The van der Waals surface area contributed by atoms with Gasteiger partial charge in [0.15, 0.2) is 0 Å². The third-order valence-corrected chi connectivity index (χ3v) is 1.96. The van der Waals surface area contributed by atoms with Crippen molar-refractivity contribution >= 4 is 27.5 Å². The normalized spacial score (nSPS) is 18.6. The van der Waals surface area contributed by atoms with Gasteiger partial charge >= 0.3 is 0 Å². The minimum absolute atomic E-state index is 0.225. The largest absolute Gasteiger partial charge is 0.271 e. The summed E-state index contributed by atoms with van der Waals surface area (Å²) in [5, 5.41) is 0. The Labute approximate surface area is 67.5 Å². The fourth-order valence-electron chi connectivity index (χ4n) is 0.633. The van der Waals surface area contributed by atoms with Gasteiger partial charge in [-0.1, -0.05) is 6.58 Å². The first-order chi connectivity index (χ1) is 4.61. The Hall–Kier alpha value is -0.700. The summed E-state index contributed by atoms with van der Waals surface area (Å²) in [5.41, 5.74) is 1.46. The van der Waals surface area contributed by atoms with Crippen LogP contribution in [0.2, 0.25) is 0 Å². The summed E-state index contributed by atoms with van der Waals surface area (Å²) in [6.45, 7) is 5.47. The maximum atomic E-state index is 10.7. The molecule has 0 bridgehead atoms. The molecule has 0 unspecified atom stereocenters. The topological polar surface area (TPSA) is 29.4 Å². The molecule has 0 saturated heterocycles. The van der Waals surface area contributed by atoms with Crippen LogP contribution < -0.4 is 0 Å². The van der Waals surface area contributed by atoms with Crippen molar-refractivity contribution in [2.75, 3.05) is 0 Å². The molecule has 0 spiro atoms. The van der Waals surface area contributed by atoms with Crippen molar-refractivity contribution in [1.29, 1.82) is 0 Å². The van der Waals surface area contributed by atoms with Crippen LogP contribution >= 0.6 is 15.9 Å². The Bertz CT molecular complexity index is 239. The number of allylic oxidation sites excluding steroid dienone is 2. The number of halogens is 1. The lowest BCUT2D eigenvalue weighted by Crippen LogP contribution is -2.06. The number of hydrogen-bond acceptors (Lipinski definition) is 1. The number of dihydropyridines is 1. The predicted octanol–water partition coefficient (Wildman–Crippen LogP) is 1.82. The Kier molecular flexibility index (Phi) is 1.85. The molecule has 1 rings (SSSR count). The van der Waals surface area contributed by atoms with Gasteiger partial charge in [-0.15, -0.1) is 0 Å². The second kappa shape index (κ2) is 2.50. The SMILES string of the molecule is C=C1C(Br)=CC(=O)N=C1C. The van der Waals surface area contributed by atoms with E-state index in [0.29, 0.717) is 5.71 Å². The van der Waals surface area contributed by atoms with Crippen LogP contribution in [0.4, 0.5) is 0 Å². The molecule has 0 atom stereocenters. The van der Waals surface area contributed by atoms with Crippen LogP contribution in [0.3, 0.4) is 0 Å². The van der Waals surface area contributed by atoms with Crippen LogP contribution in [-0.4, -0.2) is 11.6 Å². The second-order valence-electron chi connectivity index (χ2n) is 2.01. The van der Waals surface area contributed by atoms with E-state index in [4.69, 9.17) is 0 Å². The number of carbonyl (C=O) groups is 1. The Morgan fingerprint density at radius 3 is 2.80 bits per heavy atom. The summed E-state index contributed by atoms with van der Waals surface area (Å²) in [7, 11) is 0. The summed E-state index contributed by atoms with van der Waals surface area (Å²) in [5.74, 6) is -0.225. The molecule has 1 amide bonds. The minimum atomic E-state index is -0.225. The number of nitrogens with zero attached hydrogens (tertiary/aromatic N) is 1. The number of rotatable bonds is 0. The molecule has 0 fully saturated rings. The van der Waals surface area contributed by atoms with Crippen molar-refractivity contribution in [3.8, 4) is 0 Å². The third-order valence-electron chi connectivity index (χ3n) is 1.25. The van der Waals surface area contributed by atoms with Gasteiger partial charge in [0.25, 0.3) is 5.91 Å². The molecule has 1 heterocycles. The van der Waals surface area contributed by atoms with Gasteiger partial charge in [0.2, 0.25) is 0 Å².